The number of aliphatic hydroxyl groups excluding tert-OH is 1. The monoisotopic (exact) mass is 286 g/mol. The van der Waals surface area contributed by atoms with Gasteiger partial charge in [0, 0.05) is 5.56 Å². The Hall–Kier alpha value is -1.90. The van der Waals surface area contributed by atoms with Crippen molar-refractivity contribution in [3.63, 3.8) is 0 Å². The van der Waals surface area contributed by atoms with Gasteiger partial charge in [-0.05, 0) is 28.5 Å². The first-order chi connectivity index (χ1) is 9.66. The molecule has 0 saturated heterocycles. The van der Waals surface area contributed by atoms with Crippen molar-refractivity contribution in [3.8, 4) is 0 Å². The van der Waals surface area contributed by atoms with Gasteiger partial charge in [0.1, 0.15) is 11.9 Å². The molecule has 3 rings (SSSR count). The van der Waals surface area contributed by atoms with Crippen molar-refractivity contribution in [2.24, 2.45) is 0 Å². The summed E-state index contributed by atoms with van der Waals surface area (Å²) in [5.74, 6) is -0.524. The van der Waals surface area contributed by atoms with Gasteiger partial charge in [-0.3, -0.25) is 0 Å². The van der Waals surface area contributed by atoms with Crippen LogP contribution in [0.3, 0.4) is 0 Å². The molecular formula is C17H12ClFO. The van der Waals surface area contributed by atoms with Gasteiger partial charge in [-0.25, -0.2) is 4.39 Å². The first kappa shape index (κ1) is 13.1. The second-order valence-corrected chi connectivity index (χ2v) is 5.03. The largest absolute Gasteiger partial charge is 0.384 e. The zero-order chi connectivity index (χ0) is 14.1. The minimum absolute atomic E-state index is 0.0341. The first-order valence-corrected chi connectivity index (χ1v) is 6.65. The lowest BCUT2D eigenvalue weighted by molar-refractivity contribution is 0.220. The Bertz CT molecular complexity index is 770. The van der Waals surface area contributed by atoms with E-state index in [1.54, 1.807) is 12.1 Å². The van der Waals surface area contributed by atoms with Gasteiger partial charge >= 0.3 is 0 Å². The summed E-state index contributed by atoms with van der Waals surface area (Å²) in [7, 11) is 0. The topological polar surface area (TPSA) is 20.2 Å². The molecule has 0 saturated carbocycles. The summed E-state index contributed by atoms with van der Waals surface area (Å²) in [5, 5.41) is 12.5. The fraction of sp³-hybridized carbons (Fsp3) is 0.0588. The molecule has 3 aromatic rings. The third-order valence-electron chi connectivity index (χ3n) is 3.37. The van der Waals surface area contributed by atoms with E-state index in [4.69, 9.17) is 11.6 Å². The number of hydrogen-bond acceptors (Lipinski definition) is 1. The predicted octanol–water partition coefficient (Wildman–Crippen LogP) is 4.71. The Kier molecular flexibility index (Phi) is 3.43. The van der Waals surface area contributed by atoms with Crippen LogP contribution >= 0.6 is 11.6 Å². The summed E-state index contributed by atoms with van der Waals surface area (Å²) >= 11 is 5.92. The van der Waals surface area contributed by atoms with Crippen molar-refractivity contribution < 1.29 is 9.50 Å². The van der Waals surface area contributed by atoms with E-state index in [0.29, 0.717) is 11.1 Å². The quantitative estimate of drug-likeness (QED) is 0.723. The SMILES string of the molecule is OC(c1ccc2ccccc2c1)c1cccc(F)c1Cl. The lowest BCUT2D eigenvalue weighted by Gasteiger charge is -2.14. The average Bonchev–Trinajstić information content (AvgIpc) is 2.49. The summed E-state index contributed by atoms with van der Waals surface area (Å²) in [4.78, 5) is 0. The van der Waals surface area contributed by atoms with Crippen LogP contribution in [0, 0.1) is 5.82 Å². The Morgan fingerprint density at radius 1 is 0.900 bits per heavy atom. The summed E-state index contributed by atoms with van der Waals surface area (Å²) in [6.07, 6.45) is -0.942. The maximum absolute atomic E-state index is 13.5. The summed E-state index contributed by atoms with van der Waals surface area (Å²) < 4.78 is 13.5. The van der Waals surface area contributed by atoms with Crippen LogP contribution in [-0.2, 0) is 0 Å². The van der Waals surface area contributed by atoms with Crippen LogP contribution in [-0.4, -0.2) is 5.11 Å². The predicted molar refractivity (Wildman–Crippen MR) is 79.4 cm³/mol. The highest BCUT2D eigenvalue weighted by Crippen LogP contribution is 2.31. The van der Waals surface area contributed by atoms with Gasteiger partial charge in [-0.2, -0.15) is 0 Å². The van der Waals surface area contributed by atoms with Crippen LogP contribution in [0.15, 0.2) is 60.7 Å². The van der Waals surface area contributed by atoms with Gasteiger partial charge in [-0.1, -0.05) is 60.1 Å². The summed E-state index contributed by atoms with van der Waals surface area (Å²) in [5.41, 5.74) is 1.07. The molecule has 0 aliphatic heterocycles. The molecule has 1 atom stereocenters. The highest BCUT2D eigenvalue weighted by Gasteiger charge is 2.16. The van der Waals surface area contributed by atoms with E-state index in [-0.39, 0.29) is 5.02 Å². The zero-order valence-corrected chi connectivity index (χ0v) is 11.3. The van der Waals surface area contributed by atoms with Crippen LogP contribution in [0.5, 0.6) is 0 Å². The van der Waals surface area contributed by atoms with Crippen molar-refractivity contribution in [3.05, 3.63) is 82.6 Å². The minimum atomic E-state index is -0.942. The van der Waals surface area contributed by atoms with Crippen molar-refractivity contribution in [2.75, 3.05) is 0 Å². The van der Waals surface area contributed by atoms with Crippen LogP contribution in [0.4, 0.5) is 4.39 Å². The molecule has 0 fully saturated rings. The normalized spacial score (nSPS) is 12.6. The van der Waals surface area contributed by atoms with Gasteiger partial charge < -0.3 is 5.11 Å². The van der Waals surface area contributed by atoms with E-state index < -0.39 is 11.9 Å². The number of rotatable bonds is 2. The third-order valence-corrected chi connectivity index (χ3v) is 3.76. The van der Waals surface area contributed by atoms with Gasteiger partial charge in [0.25, 0.3) is 0 Å². The molecule has 1 nitrogen and oxygen atoms in total. The lowest BCUT2D eigenvalue weighted by Crippen LogP contribution is -2.01. The molecule has 0 bridgehead atoms. The molecule has 0 radical (unpaired) electrons. The van der Waals surface area contributed by atoms with E-state index in [0.717, 1.165) is 10.8 Å². The van der Waals surface area contributed by atoms with Gasteiger partial charge in [0.05, 0.1) is 5.02 Å². The Morgan fingerprint density at radius 3 is 2.45 bits per heavy atom. The number of hydrogen-bond donors (Lipinski definition) is 1. The fourth-order valence-corrected chi connectivity index (χ4v) is 2.52. The Balaban J connectivity index is 2.08. The van der Waals surface area contributed by atoms with Gasteiger partial charge in [0.2, 0.25) is 0 Å². The Morgan fingerprint density at radius 2 is 1.65 bits per heavy atom. The average molecular weight is 287 g/mol. The molecule has 0 heterocycles. The molecule has 0 amide bonds. The van der Waals surface area contributed by atoms with Crippen molar-refractivity contribution in [2.45, 2.75) is 6.10 Å². The van der Waals surface area contributed by atoms with Crippen LogP contribution < -0.4 is 0 Å². The number of benzene rings is 3. The molecule has 3 heteroatoms. The maximum atomic E-state index is 13.5. The highest BCUT2D eigenvalue weighted by molar-refractivity contribution is 6.31. The standard InChI is InChI=1S/C17H12ClFO/c18-16-14(6-3-7-15(16)19)17(20)13-9-8-11-4-1-2-5-12(11)10-13/h1-10,17,20H. The molecule has 0 spiro atoms. The van der Waals surface area contributed by atoms with Gasteiger partial charge in [-0.15, -0.1) is 0 Å². The Labute approximate surface area is 121 Å². The number of fused-ring (bicyclic) bond motifs is 1. The first-order valence-electron chi connectivity index (χ1n) is 6.27. The second-order valence-electron chi connectivity index (χ2n) is 4.65. The van der Waals surface area contributed by atoms with Crippen molar-refractivity contribution in [1.82, 2.24) is 0 Å². The molecular weight excluding hydrogens is 275 g/mol. The number of halogens is 2. The minimum Gasteiger partial charge on any atom is -0.384 e. The van der Waals surface area contributed by atoms with E-state index in [1.165, 1.54) is 6.07 Å². The molecule has 0 aliphatic carbocycles. The zero-order valence-electron chi connectivity index (χ0n) is 10.6. The van der Waals surface area contributed by atoms with Crippen molar-refractivity contribution in [1.29, 1.82) is 0 Å². The summed E-state index contributed by atoms with van der Waals surface area (Å²) in [6.45, 7) is 0. The fourth-order valence-electron chi connectivity index (χ4n) is 2.29. The molecule has 1 N–H and O–H groups in total. The van der Waals surface area contributed by atoms with Crippen LogP contribution in [0.2, 0.25) is 5.02 Å². The van der Waals surface area contributed by atoms with Crippen LogP contribution in [0.1, 0.15) is 17.2 Å². The van der Waals surface area contributed by atoms with E-state index >= 15 is 0 Å². The molecule has 100 valence electrons. The smallest absolute Gasteiger partial charge is 0.142 e. The molecule has 20 heavy (non-hydrogen) atoms. The van der Waals surface area contributed by atoms with E-state index in [1.807, 2.05) is 42.5 Å². The maximum Gasteiger partial charge on any atom is 0.142 e. The lowest BCUT2D eigenvalue weighted by atomic mass is 9.98. The number of aliphatic hydroxyl groups is 1. The third kappa shape index (κ3) is 2.28. The molecule has 1 unspecified atom stereocenters. The van der Waals surface area contributed by atoms with E-state index in [9.17, 15) is 9.50 Å². The molecule has 0 aliphatic rings. The van der Waals surface area contributed by atoms with E-state index in [2.05, 4.69) is 0 Å². The second kappa shape index (κ2) is 5.23. The summed E-state index contributed by atoms with van der Waals surface area (Å²) in [6, 6.07) is 18.0. The molecule has 0 aromatic heterocycles. The van der Waals surface area contributed by atoms with Crippen molar-refractivity contribution >= 4 is 22.4 Å². The highest BCUT2D eigenvalue weighted by atomic mass is 35.5. The van der Waals surface area contributed by atoms with Crippen LogP contribution in [0.25, 0.3) is 10.8 Å². The van der Waals surface area contributed by atoms with Gasteiger partial charge in [0.15, 0.2) is 0 Å². The molecule has 3 aromatic carbocycles.